The first-order valence-electron chi connectivity index (χ1n) is 5.81. The van der Waals surface area contributed by atoms with Crippen LogP contribution >= 0.6 is 0 Å². The van der Waals surface area contributed by atoms with Gasteiger partial charge in [0.2, 0.25) is 6.29 Å². The van der Waals surface area contributed by atoms with Gasteiger partial charge in [-0.25, -0.2) is 0 Å². The number of aliphatic hydroxyl groups excluding tert-OH is 1. The molecule has 2 rings (SSSR count). The van der Waals surface area contributed by atoms with Crippen molar-refractivity contribution in [3.63, 3.8) is 0 Å². The van der Waals surface area contributed by atoms with Gasteiger partial charge < -0.3 is 20.1 Å². The normalized spacial score (nSPS) is 13.2. The molecule has 1 aromatic carbocycles. The maximum absolute atomic E-state index is 9.75. The van der Waals surface area contributed by atoms with Crippen molar-refractivity contribution >= 4 is 10.9 Å². The van der Waals surface area contributed by atoms with Gasteiger partial charge in [0.15, 0.2) is 0 Å². The van der Waals surface area contributed by atoms with Gasteiger partial charge in [0.05, 0.1) is 6.54 Å². The molecule has 4 heteroatoms. The Labute approximate surface area is 101 Å². The van der Waals surface area contributed by atoms with E-state index in [0.717, 1.165) is 10.9 Å². The van der Waals surface area contributed by atoms with Gasteiger partial charge in [-0.15, -0.1) is 0 Å². The molecule has 1 aromatic heterocycles. The maximum atomic E-state index is 9.75. The summed E-state index contributed by atoms with van der Waals surface area (Å²) in [4.78, 5) is 3.11. The van der Waals surface area contributed by atoms with E-state index in [0.29, 0.717) is 18.3 Å². The minimum atomic E-state index is -0.835. The number of benzene rings is 1. The fourth-order valence-electron chi connectivity index (χ4n) is 1.68. The molecule has 0 aliphatic carbocycles. The van der Waals surface area contributed by atoms with Gasteiger partial charge in [0.25, 0.3) is 0 Å². The number of hydrogen-bond acceptors (Lipinski definition) is 3. The fourth-order valence-corrected chi connectivity index (χ4v) is 1.68. The molecule has 1 atom stereocenters. The first kappa shape index (κ1) is 12.0. The van der Waals surface area contributed by atoms with Crippen LogP contribution in [0.25, 0.3) is 10.9 Å². The quantitative estimate of drug-likeness (QED) is 0.692. The molecule has 2 aromatic rings. The lowest BCUT2D eigenvalue weighted by Crippen LogP contribution is -2.35. The van der Waals surface area contributed by atoms with Crippen LogP contribution in [0.5, 0.6) is 5.75 Å². The summed E-state index contributed by atoms with van der Waals surface area (Å²) in [6.45, 7) is 4.47. The Hall–Kier alpha value is -1.52. The van der Waals surface area contributed by atoms with Crippen LogP contribution in [0.2, 0.25) is 0 Å². The van der Waals surface area contributed by atoms with Gasteiger partial charge in [0.1, 0.15) is 5.75 Å². The summed E-state index contributed by atoms with van der Waals surface area (Å²) in [5.41, 5.74) is 1.01. The standard InChI is InChI=1S/C13H18N2O2/c1-9(2)15-8-13(16)17-12-5-3-4-11-10(12)6-7-14-11/h3-7,9,13-16H,8H2,1-2H3. The second-order valence-corrected chi connectivity index (χ2v) is 4.33. The lowest BCUT2D eigenvalue weighted by Gasteiger charge is -2.16. The Morgan fingerprint density at radius 1 is 1.35 bits per heavy atom. The molecule has 17 heavy (non-hydrogen) atoms. The summed E-state index contributed by atoms with van der Waals surface area (Å²) < 4.78 is 5.51. The molecule has 1 heterocycles. The van der Waals surface area contributed by atoms with Crippen LogP contribution in [-0.4, -0.2) is 29.0 Å². The predicted octanol–water partition coefficient (Wildman–Crippen LogP) is 1.86. The first-order valence-corrected chi connectivity index (χ1v) is 5.81. The molecule has 0 aliphatic rings. The zero-order chi connectivity index (χ0) is 12.3. The molecule has 0 bridgehead atoms. The minimum Gasteiger partial charge on any atom is -0.463 e. The lowest BCUT2D eigenvalue weighted by atomic mass is 10.2. The number of hydrogen-bond donors (Lipinski definition) is 3. The Morgan fingerprint density at radius 2 is 2.18 bits per heavy atom. The zero-order valence-electron chi connectivity index (χ0n) is 10.1. The highest BCUT2D eigenvalue weighted by atomic mass is 16.6. The van der Waals surface area contributed by atoms with Crippen LogP contribution < -0.4 is 10.1 Å². The third-order valence-electron chi connectivity index (χ3n) is 2.52. The van der Waals surface area contributed by atoms with Crippen LogP contribution in [0.3, 0.4) is 0 Å². The predicted molar refractivity (Wildman–Crippen MR) is 68.1 cm³/mol. The average Bonchev–Trinajstić information content (AvgIpc) is 2.75. The third-order valence-corrected chi connectivity index (χ3v) is 2.52. The van der Waals surface area contributed by atoms with Crippen molar-refractivity contribution in [1.29, 1.82) is 0 Å². The van der Waals surface area contributed by atoms with Crippen molar-refractivity contribution < 1.29 is 9.84 Å². The molecule has 0 spiro atoms. The smallest absolute Gasteiger partial charge is 0.210 e. The molecular formula is C13H18N2O2. The number of aliphatic hydroxyl groups is 1. The molecule has 0 radical (unpaired) electrons. The second kappa shape index (κ2) is 5.21. The summed E-state index contributed by atoms with van der Waals surface area (Å²) in [5, 5.41) is 13.9. The van der Waals surface area contributed by atoms with Crippen LogP contribution in [0.4, 0.5) is 0 Å². The molecule has 4 nitrogen and oxygen atoms in total. The fraction of sp³-hybridized carbons (Fsp3) is 0.385. The van der Waals surface area contributed by atoms with Crippen LogP contribution in [0.15, 0.2) is 30.5 Å². The summed E-state index contributed by atoms with van der Waals surface area (Å²) in [5.74, 6) is 0.696. The van der Waals surface area contributed by atoms with Crippen LogP contribution in [0.1, 0.15) is 13.8 Å². The van der Waals surface area contributed by atoms with Gasteiger partial charge in [-0.2, -0.15) is 0 Å². The van der Waals surface area contributed by atoms with Crippen LogP contribution in [0, 0.1) is 0 Å². The van der Waals surface area contributed by atoms with Crippen LogP contribution in [-0.2, 0) is 0 Å². The lowest BCUT2D eigenvalue weighted by molar-refractivity contribution is -0.0152. The molecule has 0 amide bonds. The summed E-state index contributed by atoms with van der Waals surface area (Å²) in [6.07, 6.45) is 1.02. The number of aromatic nitrogens is 1. The van der Waals surface area contributed by atoms with Crippen molar-refractivity contribution in [3.8, 4) is 5.75 Å². The number of H-pyrrole nitrogens is 1. The van der Waals surface area contributed by atoms with Crippen molar-refractivity contribution in [1.82, 2.24) is 10.3 Å². The van der Waals surface area contributed by atoms with Crippen molar-refractivity contribution in [2.24, 2.45) is 0 Å². The highest BCUT2D eigenvalue weighted by molar-refractivity contribution is 5.85. The Bertz CT molecular complexity index is 479. The number of rotatable bonds is 5. The molecule has 0 fully saturated rings. The zero-order valence-corrected chi connectivity index (χ0v) is 10.1. The van der Waals surface area contributed by atoms with Gasteiger partial charge in [-0.1, -0.05) is 19.9 Å². The number of nitrogens with one attached hydrogen (secondary N) is 2. The molecule has 0 saturated carbocycles. The molecule has 3 N–H and O–H groups in total. The minimum absolute atomic E-state index is 0.330. The molecule has 0 saturated heterocycles. The van der Waals surface area contributed by atoms with Gasteiger partial charge in [-0.3, -0.25) is 0 Å². The highest BCUT2D eigenvalue weighted by Crippen LogP contribution is 2.24. The first-order chi connectivity index (χ1) is 8.16. The third kappa shape index (κ3) is 2.99. The SMILES string of the molecule is CC(C)NCC(O)Oc1cccc2[nH]ccc12. The van der Waals surface area contributed by atoms with Gasteiger partial charge in [0, 0.05) is 23.1 Å². The van der Waals surface area contributed by atoms with E-state index in [1.54, 1.807) is 0 Å². The van der Waals surface area contributed by atoms with Crippen molar-refractivity contribution in [2.75, 3.05) is 6.54 Å². The Balaban J connectivity index is 2.05. The van der Waals surface area contributed by atoms with E-state index in [9.17, 15) is 5.11 Å². The van der Waals surface area contributed by atoms with E-state index in [1.165, 1.54) is 0 Å². The van der Waals surface area contributed by atoms with E-state index < -0.39 is 6.29 Å². The van der Waals surface area contributed by atoms with E-state index in [1.807, 2.05) is 44.3 Å². The van der Waals surface area contributed by atoms with E-state index in [4.69, 9.17) is 4.74 Å². The summed E-state index contributed by atoms with van der Waals surface area (Å²) in [7, 11) is 0. The number of aromatic amines is 1. The Morgan fingerprint density at radius 3 is 2.94 bits per heavy atom. The topological polar surface area (TPSA) is 57.3 Å². The summed E-state index contributed by atoms with van der Waals surface area (Å²) >= 11 is 0. The van der Waals surface area contributed by atoms with Gasteiger partial charge in [-0.05, 0) is 18.2 Å². The second-order valence-electron chi connectivity index (χ2n) is 4.33. The molecule has 1 unspecified atom stereocenters. The van der Waals surface area contributed by atoms with E-state index >= 15 is 0 Å². The molecule has 92 valence electrons. The number of ether oxygens (including phenoxy) is 1. The average molecular weight is 234 g/mol. The Kier molecular flexibility index (Phi) is 3.66. The largest absolute Gasteiger partial charge is 0.463 e. The number of fused-ring (bicyclic) bond motifs is 1. The monoisotopic (exact) mass is 234 g/mol. The molecule has 0 aliphatic heterocycles. The van der Waals surface area contributed by atoms with Crippen molar-refractivity contribution in [3.05, 3.63) is 30.5 Å². The highest BCUT2D eigenvalue weighted by Gasteiger charge is 2.09. The van der Waals surface area contributed by atoms with Crippen molar-refractivity contribution in [2.45, 2.75) is 26.2 Å². The molecular weight excluding hydrogens is 216 g/mol. The van der Waals surface area contributed by atoms with Gasteiger partial charge >= 0.3 is 0 Å². The van der Waals surface area contributed by atoms with E-state index in [-0.39, 0.29) is 0 Å². The van der Waals surface area contributed by atoms with E-state index in [2.05, 4.69) is 10.3 Å². The summed E-state index contributed by atoms with van der Waals surface area (Å²) in [6, 6.07) is 8.00. The maximum Gasteiger partial charge on any atom is 0.210 e.